The molecule has 10 heteroatoms. The zero-order chi connectivity index (χ0) is 23.0. The molecule has 0 saturated carbocycles. The number of rotatable bonds is 12. The van der Waals surface area contributed by atoms with Gasteiger partial charge < -0.3 is 20.1 Å². The highest BCUT2D eigenvalue weighted by atomic mass is 32.2. The number of nitrogens with one attached hydrogen (secondary N) is 2. The van der Waals surface area contributed by atoms with E-state index < -0.39 is 10.0 Å². The maximum Gasteiger partial charge on any atom is 0.243 e. The van der Waals surface area contributed by atoms with Crippen molar-refractivity contribution in [1.29, 1.82) is 0 Å². The average molecular weight is 446 g/mol. The number of hydrogen-bond donors (Lipinski definition) is 2. The van der Waals surface area contributed by atoms with Crippen LogP contribution in [0.4, 0.5) is 0 Å². The summed E-state index contributed by atoms with van der Waals surface area (Å²) in [5.74, 6) is -0.164. The molecular formula is C20H35N3O6S. The van der Waals surface area contributed by atoms with Gasteiger partial charge in [0.1, 0.15) is 0 Å². The van der Waals surface area contributed by atoms with Crippen LogP contribution in [0.5, 0.6) is 0 Å². The van der Waals surface area contributed by atoms with Crippen LogP contribution in [-0.4, -0.2) is 77.6 Å². The lowest BCUT2D eigenvalue weighted by atomic mass is 10.4. The SMILES string of the molecule is CC(=O)NCCN(C(C)C)S(=O)(=O)c1ccccc1.CNC(=O)CCOCCOC. The molecule has 1 aromatic rings. The summed E-state index contributed by atoms with van der Waals surface area (Å²) in [6.45, 7) is 7.19. The Morgan fingerprint density at radius 1 is 1.10 bits per heavy atom. The summed E-state index contributed by atoms with van der Waals surface area (Å²) in [4.78, 5) is 21.7. The molecule has 0 bridgehead atoms. The fourth-order valence-electron chi connectivity index (χ4n) is 2.26. The largest absolute Gasteiger partial charge is 0.382 e. The topological polar surface area (TPSA) is 114 Å². The van der Waals surface area contributed by atoms with Crippen molar-refractivity contribution in [1.82, 2.24) is 14.9 Å². The Morgan fingerprint density at radius 2 is 1.73 bits per heavy atom. The first-order chi connectivity index (χ1) is 14.2. The fraction of sp³-hybridized carbons (Fsp3) is 0.600. The molecule has 0 atom stereocenters. The number of nitrogens with zero attached hydrogens (tertiary/aromatic N) is 1. The second-order valence-corrected chi connectivity index (χ2v) is 8.42. The molecule has 1 aromatic carbocycles. The molecule has 0 aliphatic rings. The third-order valence-electron chi connectivity index (χ3n) is 3.82. The summed E-state index contributed by atoms with van der Waals surface area (Å²) in [6, 6.07) is 8.14. The summed E-state index contributed by atoms with van der Waals surface area (Å²) in [5.41, 5.74) is 0. The molecule has 0 aromatic heterocycles. The quantitative estimate of drug-likeness (QED) is 0.464. The Labute approximate surface area is 180 Å². The number of amides is 2. The molecule has 0 spiro atoms. The van der Waals surface area contributed by atoms with Crippen LogP contribution in [0.2, 0.25) is 0 Å². The van der Waals surface area contributed by atoms with Crippen molar-refractivity contribution in [2.45, 2.75) is 38.1 Å². The van der Waals surface area contributed by atoms with Crippen LogP contribution in [0.15, 0.2) is 35.2 Å². The molecule has 2 N–H and O–H groups in total. The molecule has 30 heavy (non-hydrogen) atoms. The Balaban J connectivity index is 0.000000654. The van der Waals surface area contributed by atoms with Crippen molar-refractivity contribution in [3.63, 3.8) is 0 Å². The first-order valence-corrected chi connectivity index (χ1v) is 11.2. The Kier molecular flexibility index (Phi) is 14.7. The molecule has 0 aliphatic heterocycles. The van der Waals surface area contributed by atoms with Crippen LogP contribution in [0.1, 0.15) is 27.2 Å². The third kappa shape index (κ3) is 11.9. The number of carbonyl (C=O) groups is 2. The minimum absolute atomic E-state index is 0.00224. The lowest BCUT2D eigenvalue weighted by Gasteiger charge is -2.25. The Morgan fingerprint density at radius 3 is 2.23 bits per heavy atom. The minimum Gasteiger partial charge on any atom is -0.382 e. The number of hydrogen-bond acceptors (Lipinski definition) is 6. The first kappa shape index (κ1) is 28.0. The highest BCUT2D eigenvalue weighted by Crippen LogP contribution is 2.17. The van der Waals surface area contributed by atoms with Gasteiger partial charge in [-0.15, -0.1) is 0 Å². The highest BCUT2D eigenvalue weighted by Gasteiger charge is 2.26. The predicted octanol–water partition coefficient (Wildman–Crippen LogP) is 1.01. The zero-order valence-corrected chi connectivity index (χ0v) is 19.3. The second-order valence-electron chi connectivity index (χ2n) is 6.53. The summed E-state index contributed by atoms with van der Waals surface area (Å²) < 4.78 is 36.1. The summed E-state index contributed by atoms with van der Waals surface area (Å²) in [6.07, 6.45) is 0.417. The van der Waals surface area contributed by atoms with Gasteiger partial charge in [0.15, 0.2) is 0 Å². The van der Waals surface area contributed by atoms with Crippen molar-refractivity contribution in [3.05, 3.63) is 30.3 Å². The second kappa shape index (κ2) is 15.8. The minimum atomic E-state index is -3.52. The number of benzene rings is 1. The van der Waals surface area contributed by atoms with Crippen LogP contribution in [0.3, 0.4) is 0 Å². The molecule has 0 aliphatic carbocycles. The van der Waals surface area contributed by atoms with E-state index in [0.717, 1.165) is 0 Å². The monoisotopic (exact) mass is 445 g/mol. The van der Waals surface area contributed by atoms with Gasteiger partial charge in [-0.05, 0) is 26.0 Å². The maximum absolute atomic E-state index is 12.5. The predicted molar refractivity (Wildman–Crippen MR) is 116 cm³/mol. The van der Waals surface area contributed by atoms with Crippen molar-refractivity contribution in [2.75, 3.05) is 47.1 Å². The molecular weight excluding hydrogens is 410 g/mol. The van der Waals surface area contributed by atoms with E-state index >= 15 is 0 Å². The van der Waals surface area contributed by atoms with E-state index in [2.05, 4.69) is 10.6 Å². The van der Waals surface area contributed by atoms with Gasteiger partial charge in [-0.2, -0.15) is 4.31 Å². The van der Waals surface area contributed by atoms with Gasteiger partial charge in [0.05, 0.1) is 24.7 Å². The third-order valence-corrected chi connectivity index (χ3v) is 5.91. The fourth-order valence-corrected chi connectivity index (χ4v) is 3.92. The lowest BCUT2D eigenvalue weighted by molar-refractivity contribution is -0.122. The number of carbonyl (C=O) groups excluding carboxylic acids is 2. The molecule has 0 unspecified atom stereocenters. The summed E-state index contributed by atoms with van der Waals surface area (Å²) >= 11 is 0. The molecule has 0 radical (unpaired) electrons. The molecule has 0 saturated heterocycles. The van der Waals surface area contributed by atoms with Gasteiger partial charge in [-0.25, -0.2) is 8.42 Å². The van der Waals surface area contributed by atoms with Gasteiger partial charge in [0, 0.05) is 46.6 Å². The normalized spacial score (nSPS) is 11.0. The van der Waals surface area contributed by atoms with Crippen LogP contribution < -0.4 is 10.6 Å². The molecule has 2 amide bonds. The van der Waals surface area contributed by atoms with Crippen molar-refractivity contribution in [3.8, 4) is 0 Å². The van der Waals surface area contributed by atoms with E-state index in [1.165, 1.54) is 11.2 Å². The summed E-state index contributed by atoms with van der Waals surface area (Å²) in [5, 5.41) is 5.12. The maximum atomic E-state index is 12.5. The van der Waals surface area contributed by atoms with Crippen molar-refractivity contribution < 1.29 is 27.5 Å². The van der Waals surface area contributed by atoms with Gasteiger partial charge in [0.2, 0.25) is 21.8 Å². The highest BCUT2D eigenvalue weighted by molar-refractivity contribution is 7.89. The van der Waals surface area contributed by atoms with Crippen LogP contribution in [0.25, 0.3) is 0 Å². The molecule has 0 heterocycles. The van der Waals surface area contributed by atoms with Crippen molar-refractivity contribution in [2.24, 2.45) is 0 Å². The van der Waals surface area contributed by atoms with E-state index in [1.54, 1.807) is 44.5 Å². The Bertz CT molecular complexity index is 711. The van der Waals surface area contributed by atoms with E-state index in [1.807, 2.05) is 13.8 Å². The van der Waals surface area contributed by atoms with E-state index in [4.69, 9.17) is 9.47 Å². The average Bonchev–Trinajstić information content (AvgIpc) is 2.71. The van der Waals surface area contributed by atoms with Gasteiger partial charge >= 0.3 is 0 Å². The van der Waals surface area contributed by atoms with E-state index in [0.29, 0.717) is 32.8 Å². The van der Waals surface area contributed by atoms with Crippen LogP contribution >= 0.6 is 0 Å². The summed E-state index contributed by atoms with van der Waals surface area (Å²) in [7, 11) is -0.294. The smallest absolute Gasteiger partial charge is 0.243 e. The van der Waals surface area contributed by atoms with Crippen molar-refractivity contribution >= 4 is 21.8 Å². The lowest BCUT2D eigenvalue weighted by Crippen LogP contribution is -2.42. The first-order valence-electron chi connectivity index (χ1n) is 9.75. The number of ether oxygens (including phenoxy) is 2. The zero-order valence-electron chi connectivity index (χ0n) is 18.5. The number of sulfonamides is 1. The van der Waals surface area contributed by atoms with Gasteiger partial charge in [-0.3, -0.25) is 9.59 Å². The molecule has 172 valence electrons. The van der Waals surface area contributed by atoms with Gasteiger partial charge in [-0.1, -0.05) is 18.2 Å². The van der Waals surface area contributed by atoms with Gasteiger partial charge in [0.25, 0.3) is 0 Å². The van der Waals surface area contributed by atoms with Crippen LogP contribution in [0, 0.1) is 0 Å². The van der Waals surface area contributed by atoms with Crippen LogP contribution in [-0.2, 0) is 29.1 Å². The van der Waals surface area contributed by atoms with E-state index in [9.17, 15) is 18.0 Å². The molecule has 0 fully saturated rings. The van der Waals surface area contributed by atoms with E-state index in [-0.39, 0.29) is 29.3 Å². The number of methoxy groups -OCH3 is 1. The molecule has 1 rings (SSSR count). The Hall–Kier alpha value is -2.01. The molecule has 9 nitrogen and oxygen atoms in total. The standard InChI is InChI=1S/C13H20N2O3S.C7H15NO3/c1-11(2)15(10-9-14-12(3)16)19(17,18)13-7-5-4-6-8-13;1-8-7(9)3-4-11-6-5-10-2/h4-8,11H,9-10H2,1-3H3,(H,14,16);3-6H2,1-2H3,(H,8,9).